The van der Waals surface area contributed by atoms with Crippen molar-refractivity contribution in [1.82, 2.24) is 14.5 Å². The average Bonchev–Trinajstić information content (AvgIpc) is 3.64. The van der Waals surface area contributed by atoms with Crippen LogP contribution in [0.15, 0.2) is 134 Å². The molecule has 0 spiro atoms. The van der Waals surface area contributed by atoms with Gasteiger partial charge in [-0.3, -0.25) is 9.55 Å². The van der Waals surface area contributed by atoms with E-state index in [1.807, 2.05) is 12.3 Å². The van der Waals surface area contributed by atoms with Gasteiger partial charge in [-0.1, -0.05) is 152 Å². The summed E-state index contributed by atoms with van der Waals surface area (Å²) in [7, 11) is 0. The van der Waals surface area contributed by atoms with E-state index >= 15 is 0 Å². The first-order valence-electron chi connectivity index (χ1n) is 22.3. The number of para-hydroxylation sites is 1. The Kier molecular flexibility index (Phi) is 11.8. The van der Waals surface area contributed by atoms with Crippen molar-refractivity contribution in [2.24, 2.45) is 0 Å². The molecule has 63 heavy (non-hydrogen) atoms. The number of imidazole rings is 1. The Morgan fingerprint density at radius 1 is 0.540 bits per heavy atom. The van der Waals surface area contributed by atoms with Crippen LogP contribution in [0.5, 0.6) is 5.75 Å². The molecule has 0 saturated heterocycles. The summed E-state index contributed by atoms with van der Waals surface area (Å²) in [5.41, 5.74) is 18.0. The van der Waals surface area contributed by atoms with E-state index in [9.17, 15) is 5.11 Å². The third kappa shape index (κ3) is 8.72. The van der Waals surface area contributed by atoms with Crippen molar-refractivity contribution in [3.8, 4) is 67.5 Å². The Balaban J connectivity index is 0.00000544. The summed E-state index contributed by atoms with van der Waals surface area (Å²) in [5.74, 6) is 0.983. The summed E-state index contributed by atoms with van der Waals surface area (Å²) in [6.07, 6.45) is 6.19. The average molecular weight is 1010 g/mol. The van der Waals surface area contributed by atoms with Crippen molar-refractivity contribution in [1.29, 1.82) is 0 Å². The summed E-state index contributed by atoms with van der Waals surface area (Å²) in [4.78, 5) is 10.5. The zero-order valence-electron chi connectivity index (χ0n) is 38.1. The van der Waals surface area contributed by atoms with Gasteiger partial charge in [0.1, 0.15) is 11.6 Å². The predicted molar refractivity (Wildman–Crippen MR) is 259 cm³/mol. The molecule has 5 heteroatoms. The van der Waals surface area contributed by atoms with Gasteiger partial charge in [-0.25, -0.2) is 4.98 Å². The van der Waals surface area contributed by atoms with Crippen molar-refractivity contribution in [2.75, 3.05) is 0 Å². The molecule has 8 aromatic rings. The second kappa shape index (κ2) is 16.9. The van der Waals surface area contributed by atoms with Crippen LogP contribution in [0.2, 0.25) is 0 Å². The maximum atomic E-state index is 11.9. The Morgan fingerprint density at radius 2 is 1.19 bits per heavy atom. The summed E-state index contributed by atoms with van der Waals surface area (Å²) in [6, 6.07) is 49.7. The SMILES string of the molecule is CC(C)(C)c1ccc(-c2ccnc(-c3[c-]c(-c4cccc5c4nc(-c4cc6c(cc4O)CCCC6)n5-c4ccc(C(C)(C)C)cc4-c4ccccc4)cc(C(C)(C)C)c3)c2)cc1.[Pt]. The number of aromatic nitrogens is 3. The standard InChI is InChI=1S/C58H58N3O.Pt/c1-56(2,3)44-24-22-37(23-25-44)41-28-29-59-50(34-41)43-30-42(31-46(32-43)58(7,8)9)47-20-15-21-52-54(47)60-55(49-33-39-18-13-14-19-40(39)35-53(49)62)61(52)51-27-26-45(57(4,5)6)36-48(51)38-16-11-10-12-17-38;/h10-12,15-17,20-29,31-36,62H,13-14,18-19H2,1-9H3;/q-1;. The summed E-state index contributed by atoms with van der Waals surface area (Å²) in [6.45, 7) is 20.3. The molecule has 6 aromatic carbocycles. The van der Waals surface area contributed by atoms with Crippen LogP contribution < -0.4 is 0 Å². The monoisotopic (exact) mass is 1010 g/mol. The molecular weight excluding hydrogens is 950 g/mol. The maximum absolute atomic E-state index is 11.9. The van der Waals surface area contributed by atoms with Gasteiger partial charge in [-0.2, -0.15) is 0 Å². The molecule has 1 aliphatic carbocycles. The van der Waals surface area contributed by atoms with Crippen molar-refractivity contribution in [3.05, 3.63) is 167 Å². The molecule has 2 aromatic heterocycles. The summed E-state index contributed by atoms with van der Waals surface area (Å²) in [5, 5.41) is 11.9. The second-order valence-electron chi connectivity index (χ2n) is 20.3. The van der Waals surface area contributed by atoms with E-state index in [0.717, 1.165) is 98.4 Å². The smallest absolute Gasteiger partial charge is 0.148 e. The molecule has 1 aliphatic rings. The molecule has 0 unspecified atom stereocenters. The molecule has 0 atom stereocenters. The number of hydrogen-bond donors (Lipinski definition) is 1. The van der Waals surface area contributed by atoms with E-state index in [1.54, 1.807) is 0 Å². The van der Waals surface area contributed by atoms with Crippen LogP contribution in [-0.2, 0) is 50.2 Å². The van der Waals surface area contributed by atoms with Crippen LogP contribution in [0.3, 0.4) is 0 Å². The fourth-order valence-corrected chi connectivity index (χ4v) is 8.95. The first-order valence-corrected chi connectivity index (χ1v) is 22.3. The first kappa shape index (κ1) is 44.1. The van der Waals surface area contributed by atoms with Crippen molar-refractivity contribution in [3.63, 3.8) is 0 Å². The van der Waals surface area contributed by atoms with Crippen LogP contribution in [0.4, 0.5) is 0 Å². The fraction of sp³-hybridized carbons (Fsp3) is 0.276. The topological polar surface area (TPSA) is 50.9 Å². The van der Waals surface area contributed by atoms with Crippen LogP contribution in [-0.4, -0.2) is 19.6 Å². The zero-order valence-corrected chi connectivity index (χ0v) is 40.4. The van der Waals surface area contributed by atoms with Gasteiger partial charge >= 0.3 is 0 Å². The van der Waals surface area contributed by atoms with Gasteiger partial charge in [0.15, 0.2) is 0 Å². The number of aromatic hydroxyl groups is 1. The molecule has 0 aliphatic heterocycles. The summed E-state index contributed by atoms with van der Waals surface area (Å²) >= 11 is 0. The third-order valence-corrected chi connectivity index (χ3v) is 12.7. The molecule has 0 amide bonds. The number of rotatable bonds is 6. The van der Waals surface area contributed by atoms with Gasteiger partial charge in [0.25, 0.3) is 0 Å². The van der Waals surface area contributed by atoms with Crippen LogP contribution in [0.25, 0.3) is 72.7 Å². The van der Waals surface area contributed by atoms with Gasteiger partial charge in [0.05, 0.1) is 22.3 Å². The molecule has 0 saturated carbocycles. The van der Waals surface area contributed by atoms with Gasteiger partial charge in [-0.05, 0) is 117 Å². The zero-order chi connectivity index (χ0) is 43.6. The van der Waals surface area contributed by atoms with E-state index in [2.05, 4.69) is 194 Å². The Morgan fingerprint density at radius 3 is 1.87 bits per heavy atom. The number of nitrogens with zero attached hydrogens (tertiary/aromatic N) is 3. The van der Waals surface area contributed by atoms with Crippen LogP contribution in [0.1, 0.15) is 103 Å². The normalized spacial score (nSPS) is 13.2. The second-order valence-corrected chi connectivity index (χ2v) is 20.3. The van der Waals surface area contributed by atoms with Crippen LogP contribution >= 0.6 is 0 Å². The molecule has 9 rings (SSSR count). The number of fused-ring (bicyclic) bond motifs is 2. The number of hydrogen-bond acceptors (Lipinski definition) is 3. The number of phenolic OH excluding ortho intramolecular Hbond substituents is 1. The van der Waals surface area contributed by atoms with E-state index in [-0.39, 0.29) is 43.1 Å². The molecule has 0 bridgehead atoms. The maximum Gasteiger partial charge on any atom is 0.148 e. The van der Waals surface area contributed by atoms with E-state index in [4.69, 9.17) is 9.97 Å². The number of pyridine rings is 1. The number of aryl methyl sites for hydroxylation is 2. The minimum atomic E-state index is -0.147. The van der Waals surface area contributed by atoms with Gasteiger partial charge in [0, 0.05) is 38.5 Å². The van der Waals surface area contributed by atoms with Crippen molar-refractivity contribution < 1.29 is 26.2 Å². The number of phenols is 1. The molecule has 4 nitrogen and oxygen atoms in total. The summed E-state index contributed by atoms with van der Waals surface area (Å²) < 4.78 is 2.28. The molecule has 0 radical (unpaired) electrons. The quantitative estimate of drug-likeness (QED) is 0.169. The van der Waals surface area contributed by atoms with Crippen LogP contribution in [0, 0.1) is 6.07 Å². The molecule has 0 fully saturated rings. The first-order chi connectivity index (χ1) is 29.5. The Bertz CT molecular complexity index is 2960. The van der Waals surface area contributed by atoms with E-state index < -0.39 is 0 Å². The minimum absolute atomic E-state index is 0. The Labute approximate surface area is 388 Å². The molecule has 1 N–H and O–H groups in total. The van der Waals surface area contributed by atoms with Gasteiger partial charge < -0.3 is 5.11 Å². The van der Waals surface area contributed by atoms with Crippen molar-refractivity contribution in [2.45, 2.75) is 104 Å². The molecule has 322 valence electrons. The third-order valence-electron chi connectivity index (χ3n) is 12.7. The minimum Gasteiger partial charge on any atom is -0.507 e. The van der Waals surface area contributed by atoms with Gasteiger partial charge in [0.2, 0.25) is 0 Å². The molecule has 2 heterocycles. The van der Waals surface area contributed by atoms with E-state index in [0.29, 0.717) is 0 Å². The predicted octanol–water partition coefficient (Wildman–Crippen LogP) is 15.0. The fourth-order valence-electron chi connectivity index (χ4n) is 8.95. The largest absolute Gasteiger partial charge is 0.507 e. The van der Waals surface area contributed by atoms with Crippen molar-refractivity contribution >= 4 is 11.0 Å². The van der Waals surface area contributed by atoms with E-state index in [1.165, 1.54) is 27.8 Å². The van der Waals surface area contributed by atoms with Gasteiger partial charge in [-0.15, -0.1) is 29.3 Å². The molecular formula is C58H58N3OPt-. The Hall–Kier alpha value is -5.57. The number of benzene rings is 6.